The van der Waals surface area contributed by atoms with Crippen LogP contribution >= 0.6 is 0 Å². The quantitative estimate of drug-likeness (QED) is 0.515. The van der Waals surface area contributed by atoms with E-state index >= 15 is 0 Å². The zero-order valence-corrected chi connectivity index (χ0v) is 20.7. The zero-order chi connectivity index (χ0) is 24.7. The SMILES string of the molecule is CCCOc1ccc(CNC(=O)C2CCN(S(=O)(=O)c3ccc(C(C)=O)cc3)CC2)cc1OC. The Morgan fingerprint density at radius 3 is 2.32 bits per heavy atom. The molecule has 0 radical (unpaired) electrons. The van der Waals surface area contributed by atoms with Crippen molar-refractivity contribution >= 4 is 21.7 Å². The second-order valence-corrected chi connectivity index (χ2v) is 10.2. The molecule has 0 unspecified atom stereocenters. The molecule has 184 valence electrons. The van der Waals surface area contributed by atoms with Gasteiger partial charge in [0.15, 0.2) is 17.3 Å². The van der Waals surface area contributed by atoms with Crippen LogP contribution < -0.4 is 14.8 Å². The molecule has 0 atom stereocenters. The van der Waals surface area contributed by atoms with Crippen LogP contribution in [0.4, 0.5) is 0 Å². The number of hydrogen-bond acceptors (Lipinski definition) is 6. The molecule has 0 saturated carbocycles. The number of hydrogen-bond donors (Lipinski definition) is 1. The number of methoxy groups -OCH3 is 1. The van der Waals surface area contributed by atoms with E-state index in [1.54, 1.807) is 7.11 Å². The van der Waals surface area contributed by atoms with E-state index < -0.39 is 10.0 Å². The lowest BCUT2D eigenvalue weighted by atomic mass is 9.97. The van der Waals surface area contributed by atoms with Crippen LogP contribution in [0.15, 0.2) is 47.4 Å². The van der Waals surface area contributed by atoms with Crippen molar-refractivity contribution in [1.29, 1.82) is 0 Å². The normalized spacial score (nSPS) is 15.0. The Morgan fingerprint density at radius 2 is 1.74 bits per heavy atom. The molecule has 2 aromatic carbocycles. The van der Waals surface area contributed by atoms with Crippen LogP contribution in [-0.4, -0.2) is 51.2 Å². The number of carbonyl (C=O) groups is 2. The summed E-state index contributed by atoms with van der Waals surface area (Å²) in [7, 11) is -2.08. The molecular formula is C25H32N2O6S. The molecule has 1 aliphatic rings. The predicted octanol–water partition coefficient (Wildman–Crippen LogP) is 3.40. The second-order valence-electron chi connectivity index (χ2n) is 8.31. The molecule has 1 N–H and O–H groups in total. The Kier molecular flexibility index (Phi) is 8.68. The number of ketones is 1. The summed E-state index contributed by atoms with van der Waals surface area (Å²) in [5.41, 5.74) is 1.36. The molecule has 9 heteroatoms. The van der Waals surface area contributed by atoms with Gasteiger partial charge in [0.05, 0.1) is 18.6 Å². The van der Waals surface area contributed by atoms with Gasteiger partial charge >= 0.3 is 0 Å². The van der Waals surface area contributed by atoms with Gasteiger partial charge in [-0.25, -0.2) is 8.42 Å². The first-order chi connectivity index (χ1) is 16.3. The third-order valence-corrected chi connectivity index (χ3v) is 7.79. The van der Waals surface area contributed by atoms with Crippen molar-refractivity contribution in [3.63, 3.8) is 0 Å². The van der Waals surface area contributed by atoms with E-state index in [9.17, 15) is 18.0 Å². The Hall–Kier alpha value is -2.91. The van der Waals surface area contributed by atoms with Gasteiger partial charge in [0.2, 0.25) is 15.9 Å². The Bertz CT molecular complexity index is 1110. The monoisotopic (exact) mass is 488 g/mol. The summed E-state index contributed by atoms with van der Waals surface area (Å²) < 4.78 is 38.3. The molecule has 1 heterocycles. The number of carbonyl (C=O) groups excluding carboxylic acids is 2. The van der Waals surface area contributed by atoms with Crippen LogP contribution in [0.25, 0.3) is 0 Å². The Morgan fingerprint density at radius 1 is 1.06 bits per heavy atom. The first-order valence-corrected chi connectivity index (χ1v) is 12.9. The third-order valence-electron chi connectivity index (χ3n) is 5.88. The van der Waals surface area contributed by atoms with Gasteiger partial charge in [0, 0.05) is 31.1 Å². The van der Waals surface area contributed by atoms with E-state index in [0.29, 0.717) is 43.1 Å². The fraction of sp³-hybridized carbons (Fsp3) is 0.440. The highest BCUT2D eigenvalue weighted by Gasteiger charge is 2.32. The lowest BCUT2D eigenvalue weighted by Gasteiger charge is -2.30. The summed E-state index contributed by atoms with van der Waals surface area (Å²) in [6.07, 6.45) is 1.79. The number of ether oxygens (including phenoxy) is 2. The molecule has 0 aliphatic carbocycles. The fourth-order valence-corrected chi connectivity index (χ4v) is 5.33. The molecule has 1 amide bonds. The van der Waals surface area contributed by atoms with E-state index in [2.05, 4.69) is 5.32 Å². The average molecular weight is 489 g/mol. The van der Waals surface area contributed by atoms with Crippen molar-refractivity contribution in [3.8, 4) is 11.5 Å². The molecule has 1 aliphatic heterocycles. The van der Waals surface area contributed by atoms with Gasteiger partial charge in [0.25, 0.3) is 0 Å². The van der Waals surface area contributed by atoms with Gasteiger partial charge in [0.1, 0.15) is 0 Å². The molecule has 0 bridgehead atoms. The third kappa shape index (κ3) is 6.15. The standard InChI is InChI=1S/C25H32N2O6S/c1-4-15-33-23-10-5-19(16-24(23)32-3)17-26-25(29)21-11-13-27(14-12-21)34(30,31)22-8-6-20(7-9-22)18(2)28/h5-10,16,21H,4,11-15,17H2,1-3H3,(H,26,29). The minimum atomic E-state index is -3.66. The molecule has 1 fully saturated rings. The molecule has 0 spiro atoms. The number of rotatable bonds is 10. The smallest absolute Gasteiger partial charge is 0.243 e. The molecule has 2 aromatic rings. The highest BCUT2D eigenvalue weighted by Crippen LogP contribution is 2.28. The number of benzene rings is 2. The molecule has 34 heavy (non-hydrogen) atoms. The summed E-state index contributed by atoms with van der Waals surface area (Å²) in [5, 5.41) is 2.95. The largest absolute Gasteiger partial charge is 0.493 e. The summed E-state index contributed by atoms with van der Waals surface area (Å²) >= 11 is 0. The summed E-state index contributed by atoms with van der Waals surface area (Å²) in [6, 6.07) is 11.5. The topological polar surface area (TPSA) is 102 Å². The van der Waals surface area contributed by atoms with Crippen molar-refractivity contribution in [2.24, 2.45) is 5.92 Å². The maximum Gasteiger partial charge on any atom is 0.243 e. The molecule has 3 rings (SSSR count). The molecule has 8 nitrogen and oxygen atoms in total. The minimum absolute atomic E-state index is 0.0897. The van der Waals surface area contributed by atoms with Gasteiger partial charge in [-0.2, -0.15) is 4.31 Å². The summed E-state index contributed by atoms with van der Waals surface area (Å²) in [5.74, 6) is 0.836. The number of sulfonamides is 1. The summed E-state index contributed by atoms with van der Waals surface area (Å²) in [4.78, 5) is 24.3. The van der Waals surface area contributed by atoms with Gasteiger partial charge in [-0.3, -0.25) is 9.59 Å². The molecular weight excluding hydrogens is 456 g/mol. The van der Waals surface area contributed by atoms with Crippen LogP contribution in [0.3, 0.4) is 0 Å². The van der Waals surface area contributed by atoms with Crippen molar-refractivity contribution in [2.45, 2.75) is 44.6 Å². The van der Waals surface area contributed by atoms with Crippen LogP contribution in [0, 0.1) is 5.92 Å². The Labute approximate surface area is 201 Å². The maximum absolute atomic E-state index is 12.9. The highest BCUT2D eigenvalue weighted by atomic mass is 32.2. The average Bonchev–Trinajstić information content (AvgIpc) is 2.86. The van der Waals surface area contributed by atoms with Gasteiger partial charge < -0.3 is 14.8 Å². The number of amides is 1. The summed E-state index contributed by atoms with van der Waals surface area (Å²) in [6.45, 7) is 4.96. The number of piperidine rings is 1. The Balaban J connectivity index is 1.54. The van der Waals surface area contributed by atoms with Gasteiger partial charge in [-0.1, -0.05) is 25.1 Å². The first kappa shape index (κ1) is 25.7. The number of Topliss-reactive ketones (excluding diaryl/α,β-unsaturated/α-hetero) is 1. The minimum Gasteiger partial charge on any atom is -0.493 e. The fourth-order valence-electron chi connectivity index (χ4n) is 3.86. The van der Waals surface area contributed by atoms with Crippen molar-refractivity contribution in [3.05, 3.63) is 53.6 Å². The van der Waals surface area contributed by atoms with Gasteiger partial charge in [-0.05, 0) is 56.0 Å². The van der Waals surface area contributed by atoms with E-state index in [1.165, 1.54) is 35.5 Å². The van der Waals surface area contributed by atoms with E-state index in [1.807, 2.05) is 25.1 Å². The van der Waals surface area contributed by atoms with E-state index in [0.717, 1.165) is 12.0 Å². The van der Waals surface area contributed by atoms with Gasteiger partial charge in [-0.15, -0.1) is 0 Å². The van der Waals surface area contributed by atoms with Crippen molar-refractivity contribution < 1.29 is 27.5 Å². The predicted molar refractivity (Wildman–Crippen MR) is 129 cm³/mol. The van der Waals surface area contributed by atoms with Crippen LogP contribution in [0.2, 0.25) is 0 Å². The van der Waals surface area contributed by atoms with Crippen LogP contribution in [-0.2, 0) is 21.4 Å². The highest BCUT2D eigenvalue weighted by molar-refractivity contribution is 7.89. The number of nitrogens with zero attached hydrogens (tertiary/aromatic N) is 1. The molecule has 0 aromatic heterocycles. The number of nitrogens with one attached hydrogen (secondary N) is 1. The maximum atomic E-state index is 12.9. The lowest BCUT2D eigenvalue weighted by molar-refractivity contribution is -0.126. The van der Waals surface area contributed by atoms with Crippen LogP contribution in [0.5, 0.6) is 11.5 Å². The van der Waals surface area contributed by atoms with E-state index in [4.69, 9.17) is 9.47 Å². The second kappa shape index (κ2) is 11.5. The van der Waals surface area contributed by atoms with Crippen LogP contribution in [0.1, 0.15) is 49.0 Å². The zero-order valence-electron chi connectivity index (χ0n) is 19.9. The molecule has 1 saturated heterocycles. The van der Waals surface area contributed by atoms with E-state index in [-0.39, 0.29) is 35.6 Å². The van der Waals surface area contributed by atoms with Crippen molar-refractivity contribution in [1.82, 2.24) is 9.62 Å². The first-order valence-electron chi connectivity index (χ1n) is 11.4. The van der Waals surface area contributed by atoms with Crippen molar-refractivity contribution in [2.75, 3.05) is 26.8 Å². The lowest BCUT2D eigenvalue weighted by Crippen LogP contribution is -2.42.